The predicted molar refractivity (Wildman–Crippen MR) is 84.6 cm³/mol. The van der Waals surface area contributed by atoms with Gasteiger partial charge in [-0.15, -0.1) is 0 Å². The van der Waals surface area contributed by atoms with Crippen LogP contribution in [0.15, 0.2) is 23.1 Å². The summed E-state index contributed by atoms with van der Waals surface area (Å²) in [4.78, 5) is -0.114. The van der Waals surface area contributed by atoms with Gasteiger partial charge in [0.05, 0.1) is 18.6 Å². The molecule has 0 aliphatic carbocycles. The molecule has 0 atom stereocenters. The van der Waals surface area contributed by atoms with Gasteiger partial charge in [-0.2, -0.15) is 0 Å². The third kappa shape index (κ3) is 4.41. The SMILES string of the molecule is COCC1(CNS(=O)(=O)c2ccc(OC)c(F)c2)CCNCC1. The molecule has 0 amide bonds. The summed E-state index contributed by atoms with van der Waals surface area (Å²) in [6, 6.07) is 3.60. The maximum Gasteiger partial charge on any atom is 0.240 e. The molecule has 1 heterocycles. The molecular formula is C15H23FN2O4S. The summed E-state index contributed by atoms with van der Waals surface area (Å²) in [7, 11) is -0.847. The Morgan fingerprint density at radius 1 is 1.30 bits per heavy atom. The summed E-state index contributed by atoms with van der Waals surface area (Å²) in [5.41, 5.74) is -0.238. The lowest BCUT2D eigenvalue weighted by Gasteiger charge is -2.37. The summed E-state index contributed by atoms with van der Waals surface area (Å²) in [6.07, 6.45) is 1.64. The van der Waals surface area contributed by atoms with Crippen molar-refractivity contribution in [1.29, 1.82) is 0 Å². The van der Waals surface area contributed by atoms with Crippen LogP contribution in [-0.2, 0) is 14.8 Å². The van der Waals surface area contributed by atoms with Gasteiger partial charge in [0.2, 0.25) is 10.0 Å². The first-order valence-corrected chi connectivity index (χ1v) is 8.94. The van der Waals surface area contributed by atoms with Gasteiger partial charge in [0.25, 0.3) is 0 Å². The monoisotopic (exact) mass is 346 g/mol. The van der Waals surface area contributed by atoms with Gasteiger partial charge in [-0.25, -0.2) is 17.5 Å². The van der Waals surface area contributed by atoms with E-state index in [0.29, 0.717) is 6.61 Å². The number of piperidine rings is 1. The molecule has 1 aliphatic rings. The molecule has 0 radical (unpaired) electrons. The van der Waals surface area contributed by atoms with Crippen LogP contribution < -0.4 is 14.8 Å². The fourth-order valence-electron chi connectivity index (χ4n) is 2.78. The van der Waals surface area contributed by atoms with Crippen molar-refractivity contribution < 1.29 is 22.3 Å². The highest BCUT2D eigenvalue weighted by Gasteiger charge is 2.33. The molecule has 1 fully saturated rings. The zero-order chi connectivity index (χ0) is 16.9. The molecular weight excluding hydrogens is 323 g/mol. The fourth-order valence-corrected chi connectivity index (χ4v) is 3.95. The Kier molecular flexibility index (Phi) is 5.96. The van der Waals surface area contributed by atoms with Gasteiger partial charge in [-0.3, -0.25) is 0 Å². The standard InChI is InChI=1S/C15H23FN2O4S/c1-21-11-15(5-7-17-8-6-15)10-18-23(19,20)12-3-4-14(22-2)13(16)9-12/h3-4,9,17-18H,5-8,10-11H2,1-2H3. The minimum Gasteiger partial charge on any atom is -0.494 e. The van der Waals surface area contributed by atoms with E-state index in [1.54, 1.807) is 7.11 Å². The van der Waals surface area contributed by atoms with Crippen LogP contribution >= 0.6 is 0 Å². The Morgan fingerprint density at radius 3 is 2.57 bits per heavy atom. The zero-order valence-corrected chi connectivity index (χ0v) is 14.2. The van der Waals surface area contributed by atoms with E-state index in [2.05, 4.69) is 10.0 Å². The van der Waals surface area contributed by atoms with Crippen LogP contribution in [0.1, 0.15) is 12.8 Å². The molecule has 1 aliphatic heterocycles. The second-order valence-electron chi connectivity index (χ2n) is 5.80. The Labute approximate surface area is 136 Å². The number of halogens is 1. The number of ether oxygens (including phenoxy) is 2. The van der Waals surface area contributed by atoms with Crippen molar-refractivity contribution in [3.63, 3.8) is 0 Å². The number of methoxy groups -OCH3 is 2. The molecule has 8 heteroatoms. The molecule has 1 aromatic rings. The van der Waals surface area contributed by atoms with E-state index in [1.165, 1.54) is 19.2 Å². The maximum atomic E-state index is 13.7. The van der Waals surface area contributed by atoms with E-state index in [4.69, 9.17) is 9.47 Å². The van der Waals surface area contributed by atoms with Crippen LogP contribution in [0.5, 0.6) is 5.75 Å². The third-order valence-electron chi connectivity index (χ3n) is 4.19. The lowest BCUT2D eigenvalue weighted by atomic mass is 9.80. The molecule has 2 rings (SSSR count). The fraction of sp³-hybridized carbons (Fsp3) is 0.600. The van der Waals surface area contributed by atoms with Gasteiger partial charge >= 0.3 is 0 Å². The first kappa shape index (κ1) is 18.1. The molecule has 2 N–H and O–H groups in total. The Balaban J connectivity index is 2.12. The molecule has 1 saturated heterocycles. The zero-order valence-electron chi connectivity index (χ0n) is 13.4. The topological polar surface area (TPSA) is 76.7 Å². The summed E-state index contributed by atoms with van der Waals surface area (Å²) in [5.74, 6) is -0.693. The Hall–Kier alpha value is -1.22. The van der Waals surface area contributed by atoms with Crippen LogP contribution in [0.3, 0.4) is 0 Å². The molecule has 0 unspecified atom stereocenters. The number of hydrogen-bond donors (Lipinski definition) is 2. The second kappa shape index (κ2) is 7.57. The van der Waals surface area contributed by atoms with Crippen molar-refractivity contribution in [2.45, 2.75) is 17.7 Å². The normalized spacial score (nSPS) is 17.9. The summed E-state index contributed by atoms with van der Waals surface area (Å²) in [6.45, 7) is 2.39. The number of benzene rings is 1. The van der Waals surface area contributed by atoms with Crippen molar-refractivity contribution in [2.75, 3.05) is 40.5 Å². The minimum atomic E-state index is -3.79. The van der Waals surface area contributed by atoms with Crippen LogP contribution in [0.2, 0.25) is 0 Å². The molecule has 0 spiro atoms. The highest BCUT2D eigenvalue weighted by atomic mass is 32.2. The van der Waals surface area contributed by atoms with E-state index in [-0.39, 0.29) is 22.6 Å². The van der Waals surface area contributed by atoms with Gasteiger partial charge in [0.15, 0.2) is 11.6 Å². The highest BCUT2D eigenvalue weighted by Crippen LogP contribution is 2.29. The van der Waals surface area contributed by atoms with Gasteiger partial charge in [-0.1, -0.05) is 0 Å². The lowest BCUT2D eigenvalue weighted by Crippen LogP contribution is -2.47. The Bertz CT molecular complexity index is 625. The predicted octanol–water partition coefficient (Wildman–Crippen LogP) is 1.13. The number of sulfonamides is 1. The van der Waals surface area contributed by atoms with Crippen molar-refractivity contribution in [1.82, 2.24) is 10.0 Å². The number of hydrogen-bond acceptors (Lipinski definition) is 5. The molecule has 23 heavy (non-hydrogen) atoms. The van der Waals surface area contributed by atoms with Crippen LogP contribution in [0.4, 0.5) is 4.39 Å². The van der Waals surface area contributed by atoms with Gasteiger partial charge < -0.3 is 14.8 Å². The average Bonchev–Trinajstić information content (AvgIpc) is 2.54. The summed E-state index contributed by atoms with van der Waals surface area (Å²) < 4.78 is 51.2. The second-order valence-corrected chi connectivity index (χ2v) is 7.57. The summed E-state index contributed by atoms with van der Waals surface area (Å²) in [5, 5.41) is 3.25. The molecule has 1 aromatic carbocycles. The summed E-state index contributed by atoms with van der Waals surface area (Å²) >= 11 is 0. The lowest BCUT2D eigenvalue weighted by molar-refractivity contribution is 0.0577. The largest absolute Gasteiger partial charge is 0.494 e. The van der Waals surface area contributed by atoms with E-state index in [9.17, 15) is 12.8 Å². The smallest absolute Gasteiger partial charge is 0.240 e. The maximum absolute atomic E-state index is 13.7. The van der Waals surface area contributed by atoms with E-state index in [0.717, 1.165) is 32.0 Å². The van der Waals surface area contributed by atoms with E-state index < -0.39 is 15.8 Å². The van der Waals surface area contributed by atoms with Crippen molar-refractivity contribution >= 4 is 10.0 Å². The van der Waals surface area contributed by atoms with Crippen molar-refractivity contribution in [3.05, 3.63) is 24.0 Å². The first-order valence-electron chi connectivity index (χ1n) is 7.45. The van der Waals surface area contributed by atoms with Crippen LogP contribution in [0.25, 0.3) is 0 Å². The van der Waals surface area contributed by atoms with Crippen LogP contribution in [-0.4, -0.2) is 48.9 Å². The number of rotatable bonds is 7. The molecule has 0 saturated carbocycles. The average molecular weight is 346 g/mol. The van der Waals surface area contributed by atoms with Gasteiger partial charge in [0, 0.05) is 19.1 Å². The van der Waals surface area contributed by atoms with Gasteiger partial charge in [-0.05, 0) is 44.1 Å². The molecule has 0 bridgehead atoms. The van der Waals surface area contributed by atoms with E-state index >= 15 is 0 Å². The third-order valence-corrected chi connectivity index (χ3v) is 5.58. The van der Waals surface area contributed by atoms with E-state index in [1.807, 2.05) is 0 Å². The van der Waals surface area contributed by atoms with Crippen LogP contribution in [0, 0.1) is 11.2 Å². The number of nitrogens with one attached hydrogen (secondary N) is 2. The van der Waals surface area contributed by atoms with Crippen molar-refractivity contribution in [2.24, 2.45) is 5.41 Å². The highest BCUT2D eigenvalue weighted by molar-refractivity contribution is 7.89. The Morgan fingerprint density at radius 2 is 2.00 bits per heavy atom. The molecule has 0 aromatic heterocycles. The van der Waals surface area contributed by atoms with Gasteiger partial charge in [0.1, 0.15) is 0 Å². The van der Waals surface area contributed by atoms with Crippen molar-refractivity contribution in [3.8, 4) is 5.75 Å². The molecule has 6 nitrogen and oxygen atoms in total. The first-order chi connectivity index (χ1) is 10.9. The quantitative estimate of drug-likeness (QED) is 0.774. The minimum absolute atomic E-state index is 0.0122. The molecule has 130 valence electrons.